The first-order valence-electron chi connectivity index (χ1n) is 12.9. The molecule has 0 saturated carbocycles. The van der Waals surface area contributed by atoms with Gasteiger partial charge in [0, 0.05) is 10.4 Å². The fourth-order valence-corrected chi connectivity index (χ4v) is 4.95. The normalized spacial score (nSPS) is 11.4. The van der Waals surface area contributed by atoms with Gasteiger partial charge in [-0.05, 0) is 71.8 Å². The van der Waals surface area contributed by atoms with E-state index in [0.717, 1.165) is 10.9 Å². The van der Waals surface area contributed by atoms with Gasteiger partial charge in [0.05, 0.1) is 34.8 Å². The smallest absolute Gasteiger partial charge is 0.335 e. The second kappa shape index (κ2) is 11.6. The maximum absolute atomic E-state index is 13.6. The summed E-state index contributed by atoms with van der Waals surface area (Å²) in [5.41, 5.74) is 2.15. The van der Waals surface area contributed by atoms with Crippen molar-refractivity contribution < 1.29 is 23.8 Å². The molecule has 2 aromatic heterocycles. The van der Waals surface area contributed by atoms with Crippen LogP contribution >= 0.6 is 23.2 Å². The van der Waals surface area contributed by atoms with E-state index in [4.69, 9.17) is 42.2 Å². The zero-order chi connectivity index (χ0) is 30.1. The Bertz CT molecular complexity index is 2100. The summed E-state index contributed by atoms with van der Waals surface area (Å²) in [5.74, 6) is 0.183. The highest BCUT2D eigenvalue weighted by Gasteiger charge is 2.17. The second-order valence-electron chi connectivity index (χ2n) is 9.43. The number of rotatable bonds is 8. The van der Waals surface area contributed by atoms with Gasteiger partial charge >= 0.3 is 5.97 Å². The minimum atomic E-state index is -1.01. The molecule has 1 N–H and O–H groups in total. The lowest BCUT2D eigenvalue weighted by Gasteiger charge is -2.13. The number of aromatic nitrogens is 2. The predicted octanol–water partition coefficient (Wildman–Crippen LogP) is 7.28. The molecule has 0 unspecified atom stereocenters. The van der Waals surface area contributed by atoms with Crippen LogP contribution in [0.15, 0.2) is 99.2 Å². The lowest BCUT2D eigenvalue weighted by atomic mass is 10.1. The molecule has 0 aliphatic rings. The second-order valence-corrected chi connectivity index (χ2v) is 10.3. The van der Waals surface area contributed by atoms with Crippen LogP contribution < -0.4 is 15.0 Å². The lowest BCUT2D eigenvalue weighted by Crippen LogP contribution is -2.20. The molecular weight excluding hydrogens is 593 g/mol. The van der Waals surface area contributed by atoms with Crippen molar-refractivity contribution >= 4 is 57.3 Å². The highest BCUT2D eigenvalue weighted by Crippen LogP contribution is 2.37. The Labute approximate surface area is 254 Å². The van der Waals surface area contributed by atoms with Crippen molar-refractivity contribution in [2.75, 3.05) is 7.11 Å². The van der Waals surface area contributed by atoms with Gasteiger partial charge in [-0.3, -0.25) is 4.79 Å². The summed E-state index contributed by atoms with van der Waals surface area (Å²) in [6.07, 6.45) is 1.46. The third-order valence-corrected chi connectivity index (χ3v) is 7.13. The first kappa shape index (κ1) is 28.0. The maximum Gasteiger partial charge on any atom is 0.335 e. The van der Waals surface area contributed by atoms with E-state index in [1.165, 1.54) is 30.1 Å². The van der Waals surface area contributed by atoms with Crippen molar-refractivity contribution in [3.63, 3.8) is 0 Å². The highest BCUT2D eigenvalue weighted by molar-refractivity contribution is 6.32. The van der Waals surface area contributed by atoms with Crippen LogP contribution in [-0.2, 0) is 6.61 Å². The molecule has 6 aromatic rings. The maximum atomic E-state index is 13.6. The number of halogens is 2. The number of para-hydroxylation sites is 1. The van der Waals surface area contributed by atoms with Crippen LogP contribution in [0.25, 0.3) is 33.5 Å². The summed E-state index contributed by atoms with van der Waals surface area (Å²) < 4.78 is 18.6. The van der Waals surface area contributed by atoms with Gasteiger partial charge in [0.1, 0.15) is 12.2 Å². The Hall–Kier alpha value is -5.12. The van der Waals surface area contributed by atoms with Crippen molar-refractivity contribution in [3.05, 3.63) is 122 Å². The van der Waals surface area contributed by atoms with E-state index in [2.05, 4.69) is 10.1 Å². The third kappa shape index (κ3) is 5.68. The molecule has 0 radical (unpaired) electrons. The van der Waals surface area contributed by atoms with E-state index >= 15 is 0 Å². The number of methoxy groups -OCH3 is 1. The first-order valence-corrected chi connectivity index (χ1v) is 13.6. The fraction of sp³-hybridized carbons (Fsp3) is 0.0625. The molecule has 0 aliphatic carbocycles. The average Bonchev–Trinajstić information content (AvgIpc) is 3.43. The Balaban J connectivity index is 1.36. The van der Waals surface area contributed by atoms with Gasteiger partial charge in [0.15, 0.2) is 17.3 Å². The van der Waals surface area contributed by atoms with Crippen LogP contribution in [0.4, 0.5) is 0 Å². The summed E-state index contributed by atoms with van der Waals surface area (Å²) in [5, 5.41) is 15.5. The molecule has 11 heteroatoms. The molecule has 0 spiro atoms. The van der Waals surface area contributed by atoms with Gasteiger partial charge in [0.25, 0.3) is 5.56 Å². The molecule has 0 atom stereocenters. The van der Waals surface area contributed by atoms with Gasteiger partial charge in [-0.1, -0.05) is 47.5 Å². The Morgan fingerprint density at radius 2 is 1.84 bits per heavy atom. The van der Waals surface area contributed by atoms with Gasteiger partial charge < -0.3 is 19.0 Å². The molecular formula is C32H21Cl2N3O6. The number of hydrogen-bond acceptors (Lipinski definition) is 7. The van der Waals surface area contributed by atoms with E-state index in [9.17, 15) is 9.59 Å². The molecule has 214 valence electrons. The van der Waals surface area contributed by atoms with Crippen molar-refractivity contribution in [3.8, 4) is 23.1 Å². The number of carboxylic acids is 1. The summed E-state index contributed by atoms with van der Waals surface area (Å²) in [4.78, 5) is 29.4. The molecule has 0 bridgehead atoms. The van der Waals surface area contributed by atoms with Crippen LogP contribution in [0.1, 0.15) is 21.5 Å². The molecule has 0 fully saturated rings. The highest BCUT2D eigenvalue weighted by atomic mass is 35.5. The van der Waals surface area contributed by atoms with Crippen molar-refractivity contribution in [1.82, 2.24) is 9.66 Å². The summed E-state index contributed by atoms with van der Waals surface area (Å²) in [6.45, 7) is 0.133. The monoisotopic (exact) mass is 613 g/mol. The van der Waals surface area contributed by atoms with Gasteiger partial charge in [-0.15, -0.1) is 0 Å². The van der Waals surface area contributed by atoms with E-state index in [0.29, 0.717) is 44.3 Å². The molecule has 0 aliphatic heterocycles. The standard InChI is InChI=1S/C32H21Cl2N3O6/c1-41-27-13-19(12-24(34)29(27)42-17-18-6-8-20(9-7-18)32(39)40)16-35-37-30(36-25-5-3-2-4-23(25)31(37)38)28-15-21-14-22(33)10-11-26(21)43-28/h2-16H,17H2,1H3,(H,39,40). The Morgan fingerprint density at radius 1 is 1.05 bits per heavy atom. The number of hydrogen-bond donors (Lipinski definition) is 1. The molecule has 4 aromatic carbocycles. The average molecular weight is 614 g/mol. The zero-order valence-corrected chi connectivity index (χ0v) is 24.0. The van der Waals surface area contributed by atoms with Crippen molar-refractivity contribution in [2.45, 2.75) is 6.61 Å². The number of aromatic carboxylic acids is 1. The van der Waals surface area contributed by atoms with Gasteiger partial charge in [-0.2, -0.15) is 9.78 Å². The third-order valence-electron chi connectivity index (χ3n) is 6.61. The lowest BCUT2D eigenvalue weighted by molar-refractivity contribution is 0.0697. The number of fused-ring (bicyclic) bond motifs is 2. The first-order chi connectivity index (χ1) is 20.8. The van der Waals surface area contributed by atoms with Crippen LogP contribution in [0, 0.1) is 0 Å². The van der Waals surface area contributed by atoms with Crippen LogP contribution in [0.3, 0.4) is 0 Å². The van der Waals surface area contributed by atoms with E-state index in [1.807, 2.05) is 0 Å². The summed E-state index contributed by atoms with van der Waals surface area (Å²) >= 11 is 12.7. The number of benzene rings is 4. The summed E-state index contributed by atoms with van der Waals surface area (Å²) in [6, 6.07) is 23.6. The number of nitrogens with zero attached hydrogens (tertiary/aromatic N) is 3. The SMILES string of the molecule is COc1cc(C=Nn2c(-c3cc4cc(Cl)ccc4o3)nc3ccccc3c2=O)cc(Cl)c1OCc1ccc(C(=O)O)cc1. The molecule has 43 heavy (non-hydrogen) atoms. The molecule has 0 saturated heterocycles. The molecule has 2 heterocycles. The van der Waals surface area contributed by atoms with Gasteiger partial charge in [0.2, 0.25) is 5.82 Å². The van der Waals surface area contributed by atoms with Crippen molar-refractivity contribution in [2.24, 2.45) is 5.10 Å². The molecule has 9 nitrogen and oxygen atoms in total. The quantitative estimate of drug-likeness (QED) is 0.179. The summed E-state index contributed by atoms with van der Waals surface area (Å²) in [7, 11) is 1.48. The van der Waals surface area contributed by atoms with Crippen LogP contribution in [-0.4, -0.2) is 34.1 Å². The topological polar surface area (TPSA) is 116 Å². The number of carbonyl (C=O) groups is 1. The largest absolute Gasteiger partial charge is 0.493 e. The minimum absolute atomic E-state index is 0.133. The van der Waals surface area contributed by atoms with E-state index < -0.39 is 5.97 Å². The van der Waals surface area contributed by atoms with Gasteiger partial charge in [-0.25, -0.2) is 9.78 Å². The Morgan fingerprint density at radius 3 is 2.60 bits per heavy atom. The van der Waals surface area contributed by atoms with Crippen LogP contribution in [0.2, 0.25) is 10.0 Å². The number of furan rings is 1. The minimum Gasteiger partial charge on any atom is -0.493 e. The predicted molar refractivity (Wildman–Crippen MR) is 165 cm³/mol. The Kier molecular flexibility index (Phi) is 7.58. The van der Waals surface area contributed by atoms with E-state index in [-0.39, 0.29) is 28.6 Å². The number of ether oxygens (including phenoxy) is 2. The zero-order valence-electron chi connectivity index (χ0n) is 22.5. The van der Waals surface area contributed by atoms with Crippen LogP contribution in [0.5, 0.6) is 11.5 Å². The van der Waals surface area contributed by atoms with E-state index in [1.54, 1.807) is 72.8 Å². The molecule has 0 amide bonds. The fourth-order valence-electron chi connectivity index (χ4n) is 4.49. The van der Waals surface area contributed by atoms with Crippen molar-refractivity contribution in [1.29, 1.82) is 0 Å². The number of carboxylic acid groups (broad SMARTS) is 1. The molecule has 6 rings (SSSR count).